The quantitative estimate of drug-likeness (QED) is 0.362. The van der Waals surface area contributed by atoms with Crippen LogP contribution < -0.4 is 4.74 Å². The third-order valence-electron chi connectivity index (χ3n) is 6.37. The summed E-state index contributed by atoms with van der Waals surface area (Å²) >= 11 is 0. The van der Waals surface area contributed by atoms with E-state index in [1.165, 1.54) is 30.0 Å². The first-order valence-electron chi connectivity index (χ1n) is 9.98. The van der Waals surface area contributed by atoms with Crippen molar-refractivity contribution in [3.8, 4) is 5.75 Å². The minimum atomic E-state index is -0.341. The van der Waals surface area contributed by atoms with E-state index in [1.807, 2.05) is 18.2 Å². The average molecular weight is 396 g/mol. The standard InChI is InChI=1S/C23H28N2O4/c1-5-14-12-25-10-9-15-21-18(7-6-8-20(21)28-3)24-22(15)19(25)11-16(14)17(13-27-2)23(26)29-4/h5-8,13-14,16,19,24H,1,9-12H2,2-4H3/b17-13+/t14-,16?,19?/m0/s1. The molecule has 2 aliphatic heterocycles. The summed E-state index contributed by atoms with van der Waals surface area (Å²) in [5.74, 6) is 0.707. The van der Waals surface area contributed by atoms with Crippen molar-refractivity contribution in [3.63, 3.8) is 0 Å². The Hall–Kier alpha value is -2.73. The molecule has 1 aromatic heterocycles. The van der Waals surface area contributed by atoms with Crippen LogP contribution in [0.15, 0.2) is 42.7 Å². The number of ether oxygens (including phenoxy) is 3. The van der Waals surface area contributed by atoms with Gasteiger partial charge in [-0.05, 0) is 36.5 Å². The molecule has 6 nitrogen and oxygen atoms in total. The Morgan fingerprint density at radius 1 is 1.31 bits per heavy atom. The van der Waals surface area contributed by atoms with Crippen LogP contribution in [0.5, 0.6) is 5.75 Å². The molecule has 2 aliphatic rings. The zero-order chi connectivity index (χ0) is 20.5. The van der Waals surface area contributed by atoms with Crippen LogP contribution in [0, 0.1) is 11.8 Å². The summed E-state index contributed by atoms with van der Waals surface area (Å²) < 4.78 is 15.9. The Morgan fingerprint density at radius 3 is 2.83 bits per heavy atom. The summed E-state index contributed by atoms with van der Waals surface area (Å²) in [5, 5.41) is 1.17. The third kappa shape index (κ3) is 3.21. The van der Waals surface area contributed by atoms with Crippen molar-refractivity contribution in [3.05, 3.63) is 53.9 Å². The van der Waals surface area contributed by atoms with E-state index >= 15 is 0 Å². The van der Waals surface area contributed by atoms with E-state index in [0.29, 0.717) is 5.57 Å². The molecule has 0 bridgehead atoms. The van der Waals surface area contributed by atoms with Gasteiger partial charge in [-0.15, -0.1) is 6.58 Å². The van der Waals surface area contributed by atoms with Crippen LogP contribution in [0.4, 0.5) is 0 Å². The predicted octanol–water partition coefficient (Wildman–Crippen LogP) is 3.60. The molecule has 1 N–H and O–H groups in total. The predicted molar refractivity (Wildman–Crippen MR) is 112 cm³/mol. The fraction of sp³-hybridized carbons (Fsp3) is 0.435. The van der Waals surface area contributed by atoms with E-state index in [4.69, 9.17) is 14.2 Å². The number of piperidine rings is 1. The van der Waals surface area contributed by atoms with Crippen molar-refractivity contribution in [2.45, 2.75) is 18.9 Å². The smallest absolute Gasteiger partial charge is 0.337 e. The lowest BCUT2D eigenvalue weighted by atomic mass is 9.75. The van der Waals surface area contributed by atoms with E-state index in [1.54, 1.807) is 14.2 Å². The van der Waals surface area contributed by atoms with Crippen LogP contribution in [0.2, 0.25) is 0 Å². The lowest BCUT2D eigenvalue weighted by Gasteiger charge is -2.45. The van der Waals surface area contributed by atoms with Crippen LogP contribution in [-0.2, 0) is 20.7 Å². The number of methoxy groups -OCH3 is 3. The third-order valence-corrected chi connectivity index (χ3v) is 6.37. The van der Waals surface area contributed by atoms with Gasteiger partial charge in [0.25, 0.3) is 0 Å². The molecule has 0 spiro atoms. The van der Waals surface area contributed by atoms with Crippen LogP contribution in [0.1, 0.15) is 23.7 Å². The highest BCUT2D eigenvalue weighted by molar-refractivity contribution is 5.91. The fourth-order valence-electron chi connectivity index (χ4n) is 5.04. The molecule has 1 saturated heterocycles. The maximum Gasteiger partial charge on any atom is 0.337 e. The molecular weight excluding hydrogens is 368 g/mol. The molecule has 3 atom stereocenters. The topological polar surface area (TPSA) is 63.8 Å². The first kappa shape index (κ1) is 19.6. The Bertz CT molecular complexity index is 961. The van der Waals surface area contributed by atoms with Crippen molar-refractivity contribution in [1.82, 2.24) is 9.88 Å². The van der Waals surface area contributed by atoms with Crippen LogP contribution in [0.25, 0.3) is 10.9 Å². The van der Waals surface area contributed by atoms with Gasteiger partial charge in [0.05, 0.1) is 39.2 Å². The molecule has 0 radical (unpaired) electrons. The van der Waals surface area contributed by atoms with Crippen molar-refractivity contribution in [2.24, 2.45) is 11.8 Å². The highest BCUT2D eigenvalue weighted by Crippen LogP contribution is 2.46. The Labute approximate surface area is 171 Å². The summed E-state index contributed by atoms with van der Waals surface area (Å²) in [7, 11) is 4.68. The number of nitrogens with zero attached hydrogens (tertiary/aromatic N) is 1. The molecule has 1 aromatic carbocycles. The Balaban J connectivity index is 1.77. The lowest BCUT2D eigenvalue weighted by Crippen LogP contribution is -2.46. The maximum absolute atomic E-state index is 12.4. The highest BCUT2D eigenvalue weighted by Gasteiger charge is 2.42. The van der Waals surface area contributed by atoms with Gasteiger partial charge < -0.3 is 19.2 Å². The van der Waals surface area contributed by atoms with Gasteiger partial charge in [0.1, 0.15) is 5.75 Å². The van der Waals surface area contributed by atoms with E-state index in [-0.39, 0.29) is 23.8 Å². The number of hydrogen-bond donors (Lipinski definition) is 1. The van der Waals surface area contributed by atoms with Crippen LogP contribution >= 0.6 is 0 Å². The SMILES string of the molecule is C=C[C@H]1CN2CCc3c([nH]c4cccc(OC)c34)C2CC1/C(=C\OC)C(=O)OC. The Morgan fingerprint density at radius 2 is 2.14 bits per heavy atom. The number of carbonyl (C=O) groups excluding carboxylic acids is 1. The van der Waals surface area contributed by atoms with Crippen LogP contribution in [0.3, 0.4) is 0 Å². The number of nitrogens with one attached hydrogen (secondary N) is 1. The molecule has 2 unspecified atom stereocenters. The summed E-state index contributed by atoms with van der Waals surface area (Å²) in [6.07, 6.45) is 5.25. The van der Waals surface area contributed by atoms with Gasteiger partial charge in [-0.1, -0.05) is 12.1 Å². The molecule has 3 heterocycles. The summed E-state index contributed by atoms with van der Waals surface area (Å²) in [6, 6.07) is 6.31. The molecule has 2 aromatic rings. The van der Waals surface area contributed by atoms with E-state index in [2.05, 4.69) is 22.5 Å². The second kappa shape index (κ2) is 7.95. The maximum atomic E-state index is 12.4. The number of carbonyl (C=O) groups is 1. The van der Waals surface area contributed by atoms with Crippen molar-refractivity contribution >= 4 is 16.9 Å². The van der Waals surface area contributed by atoms with Gasteiger partial charge in [0.15, 0.2) is 0 Å². The largest absolute Gasteiger partial charge is 0.504 e. The zero-order valence-electron chi connectivity index (χ0n) is 17.2. The van der Waals surface area contributed by atoms with Gasteiger partial charge >= 0.3 is 5.97 Å². The highest BCUT2D eigenvalue weighted by atomic mass is 16.5. The summed E-state index contributed by atoms with van der Waals surface area (Å²) in [6.45, 7) is 5.85. The van der Waals surface area contributed by atoms with Gasteiger partial charge in [0, 0.05) is 35.6 Å². The first-order valence-corrected chi connectivity index (χ1v) is 9.98. The first-order chi connectivity index (χ1) is 14.1. The van der Waals surface area contributed by atoms with Crippen LogP contribution in [-0.4, -0.2) is 50.3 Å². The molecule has 6 heteroatoms. The van der Waals surface area contributed by atoms with Crippen molar-refractivity contribution < 1.29 is 19.0 Å². The van der Waals surface area contributed by atoms with Crippen molar-refractivity contribution in [2.75, 3.05) is 34.4 Å². The minimum absolute atomic E-state index is 0.0135. The monoisotopic (exact) mass is 396 g/mol. The van der Waals surface area contributed by atoms with Gasteiger partial charge in [0.2, 0.25) is 0 Å². The normalized spacial score (nSPS) is 24.5. The fourth-order valence-corrected chi connectivity index (χ4v) is 5.04. The lowest BCUT2D eigenvalue weighted by molar-refractivity contribution is -0.137. The summed E-state index contributed by atoms with van der Waals surface area (Å²) in [5.41, 5.74) is 4.22. The Kier molecular flexibility index (Phi) is 5.37. The van der Waals surface area contributed by atoms with E-state index in [9.17, 15) is 4.79 Å². The number of aromatic amines is 1. The minimum Gasteiger partial charge on any atom is -0.504 e. The van der Waals surface area contributed by atoms with Gasteiger partial charge in [-0.3, -0.25) is 4.90 Å². The molecule has 0 aliphatic carbocycles. The molecule has 154 valence electrons. The molecule has 1 fully saturated rings. The molecule has 0 saturated carbocycles. The number of aromatic nitrogens is 1. The summed E-state index contributed by atoms with van der Waals surface area (Å²) in [4.78, 5) is 18.6. The van der Waals surface area contributed by atoms with E-state index in [0.717, 1.165) is 37.2 Å². The average Bonchev–Trinajstić information content (AvgIpc) is 3.15. The van der Waals surface area contributed by atoms with Crippen molar-refractivity contribution in [1.29, 1.82) is 0 Å². The number of benzene rings is 1. The number of rotatable bonds is 5. The second-order valence-corrected chi connectivity index (χ2v) is 7.70. The zero-order valence-corrected chi connectivity index (χ0v) is 17.2. The number of fused-ring (bicyclic) bond motifs is 5. The van der Waals surface area contributed by atoms with E-state index < -0.39 is 0 Å². The molecule has 29 heavy (non-hydrogen) atoms. The van der Waals surface area contributed by atoms with Gasteiger partial charge in [-0.2, -0.15) is 0 Å². The van der Waals surface area contributed by atoms with Gasteiger partial charge in [-0.25, -0.2) is 4.79 Å². The molecular formula is C23H28N2O4. The molecule has 0 amide bonds. The molecule has 4 rings (SSSR count). The number of H-pyrrole nitrogens is 1. The number of esters is 1. The number of hydrogen-bond acceptors (Lipinski definition) is 5. The second-order valence-electron chi connectivity index (χ2n) is 7.70.